The topological polar surface area (TPSA) is 94.5 Å². The van der Waals surface area contributed by atoms with Crippen LogP contribution in [0.4, 0.5) is 0 Å². The molecule has 120 valence electrons. The molecule has 0 saturated carbocycles. The Morgan fingerprint density at radius 2 is 1.83 bits per heavy atom. The molecule has 0 fully saturated rings. The number of phenolic OH excluding ortho intramolecular Hbond substituents is 1. The lowest BCUT2D eigenvalue weighted by Crippen LogP contribution is -2.45. The smallest absolute Gasteiger partial charge is 0.392 e. The highest BCUT2D eigenvalue weighted by Crippen LogP contribution is 2.23. The van der Waals surface area contributed by atoms with Crippen molar-refractivity contribution in [2.75, 3.05) is 0 Å². The van der Waals surface area contributed by atoms with E-state index < -0.39 is 7.05 Å². The number of carbonyl (C=O) groups excluding carboxylic acids is 1. The lowest BCUT2D eigenvalue weighted by molar-refractivity contribution is 0.0942. The predicted octanol–water partition coefficient (Wildman–Crippen LogP) is 1.95. The van der Waals surface area contributed by atoms with Crippen LogP contribution >= 0.6 is 0 Å². The lowest BCUT2D eigenvalue weighted by Gasteiger charge is -2.08. The number of carbonyl (C=O) groups is 1. The molecule has 3 rings (SSSR count). The number of phenols is 1. The van der Waals surface area contributed by atoms with Crippen molar-refractivity contribution in [3.8, 4) is 17.0 Å². The van der Waals surface area contributed by atoms with Crippen LogP contribution in [-0.2, 0) is 0 Å². The van der Waals surface area contributed by atoms with Crippen LogP contribution in [0.3, 0.4) is 0 Å². The fourth-order valence-electron chi connectivity index (χ4n) is 2.31. The molecule has 0 aliphatic carbocycles. The van der Waals surface area contributed by atoms with Gasteiger partial charge in [0.15, 0.2) is 0 Å². The van der Waals surface area contributed by atoms with E-state index in [9.17, 15) is 9.90 Å². The zero-order chi connectivity index (χ0) is 17.1. The van der Waals surface area contributed by atoms with Crippen LogP contribution in [0, 0.1) is 0 Å². The van der Waals surface area contributed by atoms with Crippen LogP contribution in [-0.4, -0.2) is 28.1 Å². The normalized spacial score (nSPS) is 10.6. The maximum absolute atomic E-state index is 11.9. The number of hydrogen-bond donors (Lipinski definition) is 4. The number of amides is 1. The molecule has 0 aliphatic heterocycles. The second-order valence-corrected chi connectivity index (χ2v) is 5.43. The first kappa shape index (κ1) is 16.0. The minimum atomic E-state index is -0.825. The average molecular weight is 321 g/mol. The van der Waals surface area contributed by atoms with E-state index in [-0.39, 0.29) is 11.7 Å². The summed E-state index contributed by atoms with van der Waals surface area (Å²) in [4.78, 5) is 16.4. The Kier molecular flexibility index (Phi) is 4.46. The zero-order valence-corrected chi connectivity index (χ0v) is 13.0. The van der Waals surface area contributed by atoms with Crippen molar-refractivity contribution in [1.82, 2.24) is 15.7 Å². The van der Waals surface area contributed by atoms with Gasteiger partial charge in [-0.1, -0.05) is 18.2 Å². The van der Waals surface area contributed by atoms with Gasteiger partial charge in [-0.05, 0) is 43.2 Å². The molecular weight excluding hydrogens is 305 g/mol. The lowest BCUT2D eigenvalue weighted by atomic mass is 9.91. The fourth-order valence-corrected chi connectivity index (χ4v) is 2.31. The molecule has 0 aliphatic rings. The van der Waals surface area contributed by atoms with Gasteiger partial charge in [0.1, 0.15) is 5.75 Å². The molecule has 1 aromatic heterocycles. The first-order valence-electron chi connectivity index (χ1n) is 7.47. The molecule has 1 heterocycles. The van der Waals surface area contributed by atoms with E-state index in [0.717, 1.165) is 22.2 Å². The quantitative estimate of drug-likeness (QED) is 0.435. The van der Waals surface area contributed by atoms with Crippen molar-refractivity contribution in [2.45, 2.75) is 6.82 Å². The van der Waals surface area contributed by atoms with Crippen LogP contribution < -0.4 is 10.8 Å². The summed E-state index contributed by atoms with van der Waals surface area (Å²) >= 11 is 0. The van der Waals surface area contributed by atoms with E-state index in [2.05, 4.69) is 15.7 Å². The zero-order valence-electron chi connectivity index (χ0n) is 13.0. The summed E-state index contributed by atoms with van der Waals surface area (Å²) < 4.78 is 0. The highest BCUT2D eigenvalue weighted by molar-refractivity contribution is 6.45. The third-order valence-electron chi connectivity index (χ3n) is 3.51. The molecule has 0 atom stereocenters. The molecule has 4 N–H and O–H groups in total. The largest absolute Gasteiger partial charge is 0.508 e. The fraction of sp³-hybridized carbons (Fsp3) is 0.0588. The summed E-state index contributed by atoms with van der Waals surface area (Å²) in [6.07, 6.45) is 0. The number of rotatable bonds is 4. The number of hydrazine groups is 1. The first-order chi connectivity index (χ1) is 11.5. The van der Waals surface area contributed by atoms with Crippen LogP contribution in [0.5, 0.6) is 5.75 Å². The van der Waals surface area contributed by atoms with E-state index in [1.165, 1.54) is 6.82 Å². The van der Waals surface area contributed by atoms with Gasteiger partial charge in [-0.15, -0.1) is 0 Å². The Hall–Kier alpha value is -2.90. The standard InChI is InChI=1S/C17H16BN3O3/c1-18(24)21-20-17(23)12-4-2-11(3-5-12)15-8-6-13-10-14(22)7-9-16(13)19-15/h2-10,21-22,24H,1H3,(H,20,23). The summed E-state index contributed by atoms with van der Waals surface area (Å²) in [6, 6.07) is 15.8. The van der Waals surface area contributed by atoms with Gasteiger partial charge in [-0.3, -0.25) is 10.2 Å². The summed E-state index contributed by atoms with van der Waals surface area (Å²) in [7, 11) is -0.825. The van der Waals surface area contributed by atoms with Crippen LogP contribution in [0.1, 0.15) is 10.4 Å². The molecule has 3 aromatic rings. The second kappa shape index (κ2) is 6.70. The van der Waals surface area contributed by atoms with Gasteiger partial charge >= 0.3 is 7.05 Å². The van der Waals surface area contributed by atoms with Gasteiger partial charge in [0, 0.05) is 16.5 Å². The van der Waals surface area contributed by atoms with E-state index >= 15 is 0 Å². The Morgan fingerprint density at radius 1 is 1.08 bits per heavy atom. The number of nitrogens with one attached hydrogen (secondary N) is 2. The van der Waals surface area contributed by atoms with Crippen LogP contribution in [0.15, 0.2) is 54.6 Å². The molecule has 2 aromatic carbocycles. The van der Waals surface area contributed by atoms with Crippen LogP contribution in [0.2, 0.25) is 6.82 Å². The van der Waals surface area contributed by atoms with Crippen molar-refractivity contribution < 1.29 is 14.9 Å². The predicted molar refractivity (Wildman–Crippen MR) is 93.3 cm³/mol. The summed E-state index contributed by atoms with van der Waals surface area (Å²) in [5.41, 5.74) is 5.32. The molecular formula is C17H16BN3O3. The SMILES string of the molecule is CB(O)NNC(=O)c1ccc(-c2ccc3cc(O)ccc3n2)cc1. The van der Waals surface area contributed by atoms with Gasteiger partial charge < -0.3 is 10.1 Å². The molecule has 7 heteroatoms. The number of benzene rings is 2. The Morgan fingerprint density at radius 3 is 2.54 bits per heavy atom. The molecule has 1 amide bonds. The number of hydrogen-bond acceptors (Lipinski definition) is 5. The number of fused-ring (bicyclic) bond motifs is 1. The third kappa shape index (κ3) is 3.53. The minimum Gasteiger partial charge on any atom is -0.508 e. The second-order valence-electron chi connectivity index (χ2n) is 5.43. The Balaban J connectivity index is 1.82. The van der Waals surface area contributed by atoms with E-state index in [4.69, 9.17) is 5.02 Å². The van der Waals surface area contributed by atoms with Gasteiger partial charge in [0.05, 0.1) is 11.2 Å². The highest BCUT2D eigenvalue weighted by Gasteiger charge is 2.09. The minimum absolute atomic E-state index is 0.207. The highest BCUT2D eigenvalue weighted by atomic mass is 16.3. The molecule has 0 saturated heterocycles. The maximum Gasteiger partial charge on any atom is 0.392 e. The summed E-state index contributed by atoms with van der Waals surface area (Å²) in [6.45, 7) is 1.51. The first-order valence-corrected chi connectivity index (χ1v) is 7.47. The molecule has 6 nitrogen and oxygen atoms in total. The molecule has 0 radical (unpaired) electrons. The maximum atomic E-state index is 11.9. The van der Waals surface area contributed by atoms with E-state index in [0.29, 0.717) is 5.56 Å². The van der Waals surface area contributed by atoms with Crippen LogP contribution in [0.25, 0.3) is 22.2 Å². The van der Waals surface area contributed by atoms with Gasteiger partial charge in [0.25, 0.3) is 5.91 Å². The monoisotopic (exact) mass is 321 g/mol. The third-order valence-corrected chi connectivity index (χ3v) is 3.51. The number of aromatic hydroxyl groups is 1. The van der Waals surface area contributed by atoms with Crippen molar-refractivity contribution in [3.63, 3.8) is 0 Å². The Labute approximate surface area is 139 Å². The van der Waals surface area contributed by atoms with Gasteiger partial charge in [-0.2, -0.15) is 0 Å². The molecule has 0 spiro atoms. The van der Waals surface area contributed by atoms with Gasteiger partial charge in [0.2, 0.25) is 0 Å². The molecule has 0 bridgehead atoms. The van der Waals surface area contributed by atoms with Crippen molar-refractivity contribution in [3.05, 3.63) is 60.2 Å². The average Bonchev–Trinajstić information content (AvgIpc) is 2.59. The Bertz CT molecular complexity index is 882. The number of aromatic nitrogens is 1. The van der Waals surface area contributed by atoms with E-state index in [1.54, 1.807) is 30.3 Å². The molecule has 24 heavy (non-hydrogen) atoms. The number of nitrogens with zero attached hydrogens (tertiary/aromatic N) is 1. The molecule has 0 unspecified atom stereocenters. The summed E-state index contributed by atoms with van der Waals surface area (Å²) in [5, 5.41) is 21.9. The van der Waals surface area contributed by atoms with Crippen molar-refractivity contribution in [1.29, 1.82) is 0 Å². The van der Waals surface area contributed by atoms with Gasteiger partial charge in [-0.25, -0.2) is 10.3 Å². The van der Waals surface area contributed by atoms with Crippen molar-refractivity contribution in [2.24, 2.45) is 0 Å². The van der Waals surface area contributed by atoms with E-state index in [1.807, 2.05) is 24.3 Å². The number of pyridine rings is 1. The van der Waals surface area contributed by atoms with Crippen molar-refractivity contribution >= 4 is 23.9 Å². The summed E-state index contributed by atoms with van der Waals surface area (Å²) in [5.74, 6) is -0.123.